The summed E-state index contributed by atoms with van der Waals surface area (Å²) in [5, 5.41) is 35.1. The van der Waals surface area contributed by atoms with Crippen LogP contribution < -0.4 is 0 Å². The molecule has 212 valence electrons. The number of aliphatic hydroxyl groups excluding tert-OH is 2. The number of aliphatic hydroxyl groups is 3. The number of fused-ring (bicyclic) bond motifs is 1. The second-order valence-corrected chi connectivity index (χ2v) is 13.3. The van der Waals surface area contributed by atoms with Gasteiger partial charge in [-0.3, -0.25) is 8.98 Å². The van der Waals surface area contributed by atoms with E-state index in [0.717, 1.165) is 6.92 Å². The second kappa shape index (κ2) is 6.63. The minimum absolute atomic E-state index is 1.05. The molecule has 4 saturated heterocycles. The fourth-order valence-corrected chi connectivity index (χ4v) is 9.14. The highest BCUT2D eigenvalue weighted by molar-refractivity contribution is 7.87. The fraction of sp³-hybridized carbons (Fsp3) is 0.857. The Labute approximate surface area is 212 Å². The van der Waals surface area contributed by atoms with Crippen molar-refractivity contribution < 1.29 is 74.4 Å². The van der Waals surface area contributed by atoms with Gasteiger partial charge < -0.3 is 34.3 Å². The van der Waals surface area contributed by atoms with Crippen LogP contribution in [-0.4, -0.2) is 95.2 Å². The van der Waals surface area contributed by atoms with Crippen molar-refractivity contribution in [2.75, 3.05) is 0 Å². The number of rotatable bonds is 2. The third-order valence-electron chi connectivity index (χ3n) is 9.45. The summed E-state index contributed by atoms with van der Waals surface area (Å²) in [6, 6.07) is 0. The largest absolute Gasteiger partial charge is 0.523 e. The molecule has 2 saturated carbocycles. The molecule has 0 bridgehead atoms. The van der Waals surface area contributed by atoms with Gasteiger partial charge in [0.1, 0.15) is 18.3 Å². The summed E-state index contributed by atoms with van der Waals surface area (Å²) in [5.41, 5.74) is -17.8. The summed E-state index contributed by atoms with van der Waals surface area (Å²) in [4.78, 5) is 38.9. The van der Waals surface area contributed by atoms with E-state index >= 15 is 0 Å². The Bertz CT molecular complexity index is 1290. The van der Waals surface area contributed by atoms with Crippen molar-refractivity contribution in [2.45, 2.75) is 81.2 Å². The van der Waals surface area contributed by atoms with Crippen LogP contribution in [0.5, 0.6) is 0 Å². The van der Waals surface area contributed by atoms with Gasteiger partial charge in [0.15, 0.2) is 17.8 Å². The number of carbonyl (C=O) groups excluding carboxylic acids is 3. The van der Waals surface area contributed by atoms with Crippen LogP contribution in [0.2, 0.25) is 0 Å². The van der Waals surface area contributed by atoms with Crippen LogP contribution in [0.15, 0.2) is 0 Å². The molecule has 0 aromatic carbocycles. The maximum Gasteiger partial charge on any atom is 0.523 e. The zero-order valence-corrected chi connectivity index (χ0v) is 20.9. The van der Waals surface area contributed by atoms with Gasteiger partial charge in [0.2, 0.25) is 11.9 Å². The van der Waals surface area contributed by atoms with Crippen molar-refractivity contribution in [1.82, 2.24) is 0 Å². The first-order valence-corrected chi connectivity index (χ1v) is 13.0. The normalized spacial score (nSPS) is 52.8. The lowest BCUT2D eigenvalue weighted by Crippen LogP contribution is -2.67. The Kier molecular flexibility index (Phi) is 4.57. The summed E-state index contributed by atoms with van der Waals surface area (Å²) in [7, 11) is -6.38. The molecule has 2 aliphatic carbocycles. The van der Waals surface area contributed by atoms with Gasteiger partial charge in [0, 0.05) is 5.92 Å². The maximum atomic E-state index is 13.6. The minimum atomic E-state index is -6.38. The minimum Gasteiger partial charge on any atom is -0.456 e. The van der Waals surface area contributed by atoms with Crippen molar-refractivity contribution in [3.63, 3.8) is 0 Å². The van der Waals surface area contributed by atoms with Crippen LogP contribution in [0, 0.1) is 28.1 Å². The predicted octanol–water partition coefficient (Wildman–Crippen LogP) is -1.52. The van der Waals surface area contributed by atoms with E-state index in [9.17, 15) is 51.3 Å². The summed E-state index contributed by atoms with van der Waals surface area (Å²) >= 11 is 0. The molecular weight excluding hydrogens is 549 g/mol. The molecule has 38 heavy (non-hydrogen) atoms. The van der Waals surface area contributed by atoms with Gasteiger partial charge in [-0.1, -0.05) is 20.8 Å². The van der Waals surface area contributed by atoms with Crippen molar-refractivity contribution >= 4 is 28.0 Å². The topological polar surface area (TPSA) is 192 Å². The van der Waals surface area contributed by atoms with Gasteiger partial charge in [0.25, 0.3) is 0 Å². The second-order valence-electron chi connectivity index (χ2n) is 11.8. The number of esters is 3. The smallest absolute Gasteiger partial charge is 0.456 e. The number of ether oxygens (including phenoxy) is 4. The van der Waals surface area contributed by atoms with E-state index in [1.165, 1.54) is 20.8 Å². The van der Waals surface area contributed by atoms with Crippen LogP contribution >= 0.6 is 0 Å². The molecule has 3 N–H and O–H groups in total. The van der Waals surface area contributed by atoms with Crippen LogP contribution in [0.4, 0.5) is 13.2 Å². The summed E-state index contributed by atoms with van der Waals surface area (Å²) in [5.74, 6) is -7.11. The third kappa shape index (κ3) is 2.18. The van der Waals surface area contributed by atoms with E-state index in [2.05, 4.69) is 0 Å². The fourth-order valence-electron chi connectivity index (χ4n) is 8.53. The van der Waals surface area contributed by atoms with E-state index in [-0.39, 0.29) is 0 Å². The third-order valence-corrected chi connectivity index (χ3v) is 10.5. The monoisotopic (exact) mass is 572 g/mol. The van der Waals surface area contributed by atoms with E-state index < -0.39 is 110 Å². The first-order valence-electron chi connectivity index (χ1n) is 11.6. The Morgan fingerprint density at radius 1 is 0.974 bits per heavy atom. The quantitative estimate of drug-likeness (QED) is 0.150. The van der Waals surface area contributed by atoms with Gasteiger partial charge in [-0.15, -0.1) is 0 Å². The van der Waals surface area contributed by atoms with Gasteiger partial charge >= 0.3 is 33.5 Å². The van der Waals surface area contributed by atoms with Crippen molar-refractivity contribution in [1.29, 1.82) is 0 Å². The number of hydrogen-bond donors (Lipinski definition) is 3. The summed E-state index contributed by atoms with van der Waals surface area (Å²) in [6.07, 6.45) is -12.9. The molecule has 6 rings (SSSR count). The number of halogens is 3. The molecule has 2 spiro atoms. The molecular formula is C21H23F3O13S. The lowest BCUT2D eigenvalue weighted by atomic mass is 9.51. The number of alkyl halides is 3. The van der Waals surface area contributed by atoms with Crippen LogP contribution in [0.25, 0.3) is 0 Å². The van der Waals surface area contributed by atoms with Crippen molar-refractivity contribution in [2.24, 2.45) is 28.1 Å². The van der Waals surface area contributed by atoms with Gasteiger partial charge in [-0.05, 0) is 12.3 Å². The molecule has 0 aromatic rings. The van der Waals surface area contributed by atoms with Crippen molar-refractivity contribution in [3.8, 4) is 0 Å². The molecule has 6 aliphatic rings. The number of hydrogen-bond acceptors (Lipinski definition) is 13. The standard InChI is InChI=1S/C21H23F3O13S/c1-5-12(27)33-11-8(25)18-10-6(37-38(31,32)21(22,23)24)7(16(2,3)4)17(18)9(26)13(28)35-15(17)36-20(18,14(29)34-10)19(5,11)30/h5-11,15,25-26,30H,1-4H3/t5?,6-,7?,8?,9+,10?,11+,15?,17?,18?,19-,20+/m1/s1. The SMILES string of the molecule is CC1C(=O)O[C@H]2C(O)C34C5OC(=O)[C@@]3(OC3OC(=O)[C@H](O)C34C(C(C)(C)C)[C@H]5OS(=O)(=O)C(F)(F)F)[C@@]12O. The van der Waals surface area contributed by atoms with Gasteiger partial charge in [-0.25, -0.2) is 9.59 Å². The molecule has 7 unspecified atom stereocenters. The lowest BCUT2D eigenvalue weighted by molar-refractivity contribution is -0.240. The Morgan fingerprint density at radius 3 is 2.13 bits per heavy atom. The van der Waals surface area contributed by atoms with E-state index in [1.807, 2.05) is 0 Å². The first-order chi connectivity index (χ1) is 17.2. The predicted molar refractivity (Wildman–Crippen MR) is 107 cm³/mol. The molecule has 0 radical (unpaired) electrons. The Balaban J connectivity index is 1.71. The Hall–Kier alpha value is -2.05. The highest BCUT2D eigenvalue weighted by Crippen LogP contribution is 2.84. The van der Waals surface area contributed by atoms with Crippen LogP contribution in [0.1, 0.15) is 27.7 Å². The average Bonchev–Trinajstić information content (AvgIpc) is 3.46. The van der Waals surface area contributed by atoms with E-state index in [4.69, 9.17) is 23.1 Å². The van der Waals surface area contributed by atoms with Crippen molar-refractivity contribution in [3.05, 3.63) is 0 Å². The molecule has 4 heterocycles. The Morgan fingerprint density at radius 2 is 1.58 bits per heavy atom. The molecule has 13 nitrogen and oxygen atoms in total. The maximum absolute atomic E-state index is 13.6. The molecule has 12 atom stereocenters. The summed E-state index contributed by atoms with van der Waals surface area (Å²) in [6.45, 7) is 5.42. The zero-order chi connectivity index (χ0) is 28.4. The van der Waals surface area contributed by atoms with E-state index in [0.29, 0.717) is 0 Å². The number of carbonyl (C=O) groups is 3. The molecule has 17 heteroatoms. The molecule has 0 aromatic heterocycles. The zero-order valence-electron chi connectivity index (χ0n) is 20.1. The molecule has 0 amide bonds. The van der Waals surface area contributed by atoms with Crippen LogP contribution in [0.3, 0.4) is 0 Å². The molecule has 6 fully saturated rings. The lowest BCUT2D eigenvalue weighted by Gasteiger charge is -2.47. The first kappa shape index (κ1) is 26.2. The highest BCUT2D eigenvalue weighted by atomic mass is 32.2. The highest BCUT2D eigenvalue weighted by Gasteiger charge is 3.05. The van der Waals surface area contributed by atoms with Gasteiger partial charge in [0.05, 0.1) is 16.7 Å². The van der Waals surface area contributed by atoms with E-state index in [1.54, 1.807) is 0 Å². The summed E-state index contributed by atoms with van der Waals surface area (Å²) < 4.78 is 91.4. The van der Waals surface area contributed by atoms with Crippen LogP contribution in [-0.2, 0) is 47.6 Å². The van der Waals surface area contributed by atoms with Gasteiger partial charge in [-0.2, -0.15) is 21.6 Å². The average molecular weight is 572 g/mol. The molecule has 4 aliphatic heterocycles.